The minimum Gasteiger partial charge on any atom is -0.337 e. The third-order valence-corrected chi connectivity index (χ3v) is 1.89. The van der Waals surface area contributed by atoms with Gasteiger partial charge in [-0.1, -0.05) is 0 Å². The van der Waals surface area contributed by atoms with E-state index in [0.29, 0.717) is 6.54 Å². The molecule has 0 aromatic rings. The van der Waals surface area contributed by atoms with Gasteiger partial charge in [-0.2, -0.15) is 11.8 Å². The largest absolute Gasteiger partial charge is 0.337 e. The molecule has 0 aliphatic carbocycles. The molecule has 0 aromatic heterocycles. The van der Waals surface area contributed by atoms with Crippen LogP contribution < -0.4 is 11.3 Å². The molecule has 2 amide bonds. The Morgan fingerprint density at radius 3 is 2.58 bits per heavy atom. The van der Waals surface area contributed by atoms with Gasteiger partial charge in [-0.25, -0.2) is 5.84 Å². The molecule has 70 valence electrons. The zero-order valence-electron chi connectivity index (χ0n) is 7.16. The number of nitrogens with one attached hydrogen (secondary N) is 1. The van der Waals surface area contributed by atoms with Crippen LogP contribution in [0.2, 0.25) is 0 Å². The molecule has 0 spiro atoms. The van der Waals surface area contributed by atoms with Gasteiger partial charge in [0.1, 0.15) is 0 Å². The Morgan fingerprint density at radius 1 is 1.58 bits per heavy atom. The smallest absolute Gasteiger partial charge is 0.323 e. The van der Waals surface area contributed by atoms with Crippen LogP contribution >= 0.6 is 11.8 Å². The molecule has 0 radical (unpaired) electrons. The van der Waals surface area contributed by atoms with Gasteiger partial charge in [-0.05, 0) is 6.26 Å². The molecular formula is C6H13N3O2S. The zero-order chi connectivity index (χ0) is 9.56. The summed E-state index contributed by atoms with van der Waals surface area (Å²) < 4.78 is 0. The summed E-state index contributed by atoms with van der Waals surface area (Å²) in [7, 11) is 1.56. The highest BCUT2D eigenvalue weighted by Crippen LogP contribution is 1.93. The number of likely N-dealkylation sites (N-methyl/N-ethyl adjacent to an activating group) is 1. The number of nitrogens with zero attached hydrogens (tertiary/aromatic N) is 1. The first kappa shape index (κ1) is 11.2. The molecule has 12 heavy (non-hydrogen) atoms. The van der Waals surface area contributed by atoms with Crippen LogP contribution in [0.1, 0.15) is 0 Å². The van der Waals surface area contributed by atoms with Crippen molar-refractivity contribution in [3.8, 4) is 0 Å². The summed E-state index contributed by atoms with van der Waals surface area (Å²) in [5.41, 5.74) is 1.79. The average Bonchev–Trinajstić information content (AvgIpc) is 2.11. The van der Waals surface area contributed by atoms with Crippen molar-refractivity contribution in [3.63, 3.8) is 0 Å². The third-order valence-electron chi connectivity index (χ3n) is 1.30. The molecule has 3 N–H and O–H groups in total. The van der Waals surface area contributed by atoms with Crippen LogP contribution in [0.3, 0.4) is 0 Å². The number of carbonyl (C=O) groups is 2. The van der Waals surface area contributed by atoms with E-state index in [4.69, 9.17) is 5.84 Å². The maximum absolute atomic E-state index is 11.0. The summed E-state index contributed by atoms with van der Waals surface area (Å²) in [6.07, 6.45) is 1.93. The maximum Gasteiger partial charge on any atom is 0.323 e. The Morgan fingerprint density at radius 2 is 2.17 bits per heavy atom. The van der Waals surface area contributed by atoms with Crippen molar-refractivity contribution in [2.45, 2.75) is 0 Å². The van der Waals surface area contributed by atoms with E-state index >= 15 is 0 Å². The molecule has 0 rings (SSSR count). The van der Waals surface area contributed by atoms with Gasteiger partial charge in [-0.3, -0.25) is 15.0 Å². The summed E-state index contributed by atoms with van der Waals surface area (Å²) in [6.45, 7) is 0.549. The second-order valence-electron chi connectivity index (χ2n) is 2.19. The van der Waals surface area contributed by atoms with Crippen LogP contribution in [0.4, 0.5) is 0 Å². The quantitative estimate of drug-likeness (QED) is 0.254. The van der Waals surface area contributed by atoms with Crippen LogP contribution in [0.5, 0.6) is 0 Å². The van der Waals surface area contributed by atoms with E-state index in [1.165, 1.54) is 4.90 Å². The van der Waals surface area contributed by atoms with Crippen molar-refractivity contribution < 1.29 is 9.59 Å². The molecule has 0 fully saturated rings. The zero-order valence-corrected chi connectivity index (χ0v) is 7.98. The fourth-order valence-electron chi connectivity index (χ4n) is 0.565. The number of nitrogens with two attached hydrogens (primary N) is 1. The van der Waals surface area contributed by atoms with E-state index < -0.39 is 11.8 Å². The van der Waals surface area contributed by atoms with Crippen molar-refractivity contribution in [2.75, 3.05) is 25.6 Å². The molecule has 0 unspecified atom stereocenters. The van der Waals surface area contributed by atoms with E-state index in [1.807, 2.05) is 6.26 Å². The summed E-state index contributed by atoms with van der Waals surface area (Å²) >= 11 is 1.61. The fraction of sp³-hybridized carbons (Fsp3) is 0.667. The topological polar surface area (TPSA) is 75.4 Å². The minimum atomic E-state index is -0.779. The second kappa shape index (κ2) is 5.84. The highest BCUT2D eigenvalue weighted by molar-refractivity contribution is 7.98. The SMILES string of the molecule is CSCCN(C)C(=O)C(=O)NN. The second-order valence-corrected chi connectivity index (χ2v) is 3.18. The van der Waals surface area contributed by atoms with Gasteiger partial charge in [0.05, 0.1) is 0 Å². The molecule has 6 heteroatoms. The Bertz CT molecular complexity index is 174. The Balaban J connectivity index is 3.84. The van der Waals surface area contributed by atoms with Gasteiger partial charge in [0.15, 0.2) is 0 Å². The molecule has 5 nitrogen and oxygen atoms in total. The first-order chi connectivity index (χ1) is 5.63. The molecule has 0 heterocycles. The number of hydrogen-bond donors (Lipinski definition) is 2. The number of amides is 2. The minimum absolute atomic E-state index is 0.549. The van der Waals surface area contributed by atoms with Gasteiger partial charge in [0.2, 0.25) is 0 Å². The Labute approximate surface area is 75.6 Å². The molecule has 0 aliphatic rings. The van der Waals surface area contributed by atoms with Gasteiger partial charge < -0.3 is 4.90 Å². The van der Waals surface area contributed by atoms with Crippen molar-refractivity contribution >= 4 is 23.6 Å². The van der Waals surface area contributed by atoms with Gasteiger partial charge in [0, 0.05) is 19.3 Å². The van der Waals surface area contributed by atoms with E-state index in [9.17, 15) is 9.59 Å². The van der Waals surface area contributed by atoms with E-state index in [-0.39, 0.29) is 0 Å². The number of hydrazine groups is 1. The standard InChI is InChI=1S/C6H13N3O2S/c1-9(3-4-12-2)6(11)5(10)8-7/h3-4,7H2,1-2H3,(H,8,10). The predicted molar refractivity (Wildman–Crippen MR) is 48.3 cm³/mol. The van der Waals surface area contributed by atoms with E-state index in [0.717, 1.165) is 5.75 Å². The van der Waals surface area contributed by atoms with Crippen LogP contribution in [0.25, 0.3) is 0 Å². The molecule has 0 atom stereocenters. The summed E-state index contributed by atoms with van der Waals surface area (Å²) in [5, 5.41) is 0. The number of thioether (sulfide) groups is 1. The van der Waals surface area contributed by atoms with Crippen LogP contribution in [-0.4, -0.2) is 42.3 Å². The lowest BCUT2D eigenvalue weighted by molar-refractivity contribution is -0.144. The third kappa shape index (κ3) is 3.59. The van der Waals surface area contributed by atoms with Crippen molar-refractivity contribution in [1.29, 1.82) is 0 Å². The normalized spacial score (nSPS) is 9.25. The highest BCUT2D eigenvalue weighted by atomic mass is 32.2. The Hall–Kier alpha value is -0.750. The predicted octanol–water partition coefficient (Wildman–Crippen LogP) is -1.20. The summed E-state index contributed by atoms with van der Waals surface area (Å²) in [4.78, 5) is 23.0. The van der Waals surface area contributed by atoms with E-state index in [1.54, 1.807) is 24.2 Å². The van der Waals surface area contributed by atoms with Gasteiger partial charge in [-0.15, -0.1) is 0 Å². The van der Waals surface area contributed by atoms with E-state index in [2.05, 4.69) is 0 Å². The lowest BCUT2D eigenvalue weighted by Crippen LogP contribution is -2.44. The molecule has 0 aliphatic heterocycles. The number of rotatable bonds is 3. The van der Waals surface area contributed by atoms with Crippen molar-refractivity contribution in [1.82, 2.24) is 10.3 Å². The molecule has 0 bridgehead atoms. The maximum atomic E-state index is 11.0. The van der Waals surface area contributed by atoms with Crippen molar-refractivity contribution in [2.24, 2.45) is 5.84 Å². The number of hydrogen-bond acceptors (Lipinski definition) is 4. The molecular weight excluding hydrogens is 178 g/mol. The molecule has 0 aromatic carbocycles. The first-order valence-electron chi connectivity index (χ1n) is 3.38. The summed E-state index contributed by atoms with van der Waals surface area (Å²) in [6, 6.07) is 0. The van der Waals surface area contributed by atoms with Crippen LogP contribution in [0, 0.1) is 0 Å². The molecule has 0 saturated carbocycles. The lowest BCUT2D eigenvalue weighted by Gasteiger charge is -2.14. The highest BCUT2D eigenvalue weighted by Gasteiger charge is 2.16. The van der Waals surface area contributed by atoms with Crippen LogP contribution in [-0.2, 0) is 9.59 Å². The van der Waals surface area contributed by atoms with Crippen molar-refractivity contribution in [3.05, 3.63) is 0 Å². The van der Waals surface area contributed by atoms with Gasteiger partial charge >= 0.3 is 11.8 Å². The first-order valence-corrected chi connectivity index (χ1v) is 4.77. The monoisotopic (exact) mass is 191 g/mol. The van der Waals surface area contributed by atoms with Crippen LogP contribution in [0.15, 0.2) is 0 Å². The lowest BCUT2D eigenvalue weighted by atomic mass is 10.5. The number of carbonyl (C=O) groups excluding carboxylic acids is 2. The average molecular weight is 191 g/mol. The van der Waals surface area contributed by atoms with Gasteiger partial charge in [0.25, 0.3) is 0 Å². The summed E-state index contributed by atoms with van der Waals surface area (Å²) in [5.74, 6) is 4.21. The fourth-order valence-corrected chi connectivity index (χ4v) is 1.02. The molecule has 0 saturated heterocycles. The Kier molecular flexibility index (Phi) is 5.48.